The van der Waals surface area contributed by atoms with Gasteiger partial charge < -0.3 is 14.2 Å². The maximum absolute atomic E-state index is 15.2. The summed E-state index contributed by atoms with van der Waals surface area (Å²) >= 11 is 0. The molecule has 3 nitrogen and oxygen atoms in total. The summed E-state index contributed by atoms with van der Waals surface area (Å²) < 4.78 is 82.5. The van der Waals surface area contributed by atoms with Crippen molar-refractivity contribution < 1.29 is 36.2 Å². The average molecular weight is 509 g/mol. The molecule has 0 amide bonds. The first kappa shape index (κ1) is 26.4. The van der Waals surface area contributed by atoms with E-state index in [2.05, 4.69) is 11.7 Å². The van der Waals surface area contributed by atoms with Crippen molar-refractivity contribution in [2.45, 2.75) is 51.5 Å². The molecule has 0 atom stereocenters. The molecule has 1 fully saturated rings. The monoisotopic (exact) mass is 508 g/mol. The van der Waals surface area contributed by atoms with E-state index in [4.69, 9.17) is 9.47 Å². The first-order valence-corrected chi connectivity index (χ1v) is 12.2. The van der Waals surface area contributed by atoms with Crippen LogP contribution in [-0.4, -0.2) is 26.0 Å². The van der Waals surface area contributed by atoms with E-state index in [0.717, 1.165) is 42.3 Å². The maximum atomic E-state index is 15.2. The van der Waals surface area contributed by atoms with Crippen molar-refractivity contribution in [3.8, 4) is 5.75 Å². The van der Waals surface area contributed by atoms with E-state index in [1.54, 1.807) is 18.2 Å². The Balaban J connectivity index is 1.39. The molecule has 0 radical (unpaired) electrons. The minimum atomic E-state index is -4.55. The van der Waals surface area contributed by atoms with Gasteiger partial charge in [-0.1, -0.05) is 50.1 Å². The first-order chi connectivity index (χ1) is 17.2. The molecule has 1 aliphatic heterocycles. The summed E-state index contributed by atoms with van der Waals surface area (Å²) in [6.07, 6.45) is -1.02. The van der Waals surface area contributed by atoms with Gasteiger partial charge in [0, 0.05) is 16.9 Å². The van der Waals surface area contributed by atoms with Crippen LogP contribution in [0.4, 0.5) is 22.0 Å². The highest BCUT2D eigenvalue weighted by Gasteiger charge is 2.29. The number of aryl methyl sites for hydroxylation is 2. The Labute approximate surface area is 207 Å². The SMILES string of the molecule is CCCCC1COC(c2ccc3c(F)c(CCc4ccc(OCC(F)(F)F)c(F)c4)ccc3c2)OC1. The zero-order chi connectivity index (χ0) is 25.7. The van der Waals surface area contributed by atoms with Crippen LogP contribution in [0.25, 0.3) is 10.8 Å². The highest BCUT2D eigenvalue weighted by atomic mass is 19.4. The van der Waals surface area contributed by atoms with Crippen LogP contribution < -0.4 is 4.74 Å². The summed E-state index contributed by atoms with van der Waals surface area (Å²) in [6.45, 7) is 1.88. The van der Waals surface area contributed by atoms with Crippen molar-refractivity contribution in [3.05, 3.63) is 76.9 Å². The predicted octanol–water partition coefficient (Wildman–Crippen LogP) is 7.70. The Morgan fingerprint density at radius 3 is 2.42 bits per heavy atom. The van der Waals surface area contributed by atoms with Crippen LogP contribution in [0.2, 0.25) is 0 Å². The van der Waals surface area contributed by atoms with Gasteiger partial charge in [-0.25, -0.2) is 8.78 Å². The minimum Gasteiger partial charge on any atom is -0.481 e. The average Bonchev–Trinajstić information content (AvgIpc) is 2.86. The molecule has 3 aromatic carbocycles. The van der Waals surface area contributed by atoms with Gasteiger partial charge >= 0.3 is 6.18 Å². The van der Waals surface area contributed by atoms with E-state index in [1.807, 2.05) is 12.1 Å². The standard InChI is InChI=1S/C28H29F5O3/c1-2-3-4-19-15-34-27(35-16-19)22-10-11-23-21(14-22)9-8-20(26(23)30)7-5-18-6-12-25(24(29)13-18)36-17-28(31,32)33/h6,8-14,19,27H,2-5,7,15-17H2,1H3. The molecule has 36 heavy (non-hydrogen) atoms. The molecular weight excluding hydrogens is 479 g/mol. The van der Waals surface area contributed by atoms with Crippen LogP contribution in [0.1, 0.15) is 49.2 Å². The van der Waals surface area contributed by atoms with E-state index in [0.29, 0.717) is 48.5 Å². The number of hydrogen-bond acceptors (Lipinski definition) is 3. The number of unbranched alkanes of at least 4 members (excludes halogenated alkanes) is 1. The largest absolute Gasteiger partial charge is 0.481 e. The number of fused-ring (bicyclic) bond motifs is 1. The Kier molecular flexibility index (Phi) is 8.46. The lowest BCUT2D eigenvalue weighted by Gasteiger charge is -2.29. The molecule has 0 bridgehead atoms. The molecule has 194 valence electrons. The minimum absolute atomic E-state index is 0.305. The fraction of sp³-hybridized carbons (Fsp3) is 0.429. The van der Waals surface area contributed by atoms with E-state index < -0.39 is 30.6 Å². The second-order valence-electron chi connectivity index (χ2n) is 9.19. The Morgan fingerprint density at radius 2 is 1.72 bits per heavy atom. The summed E-state index contributed by atoms with van der Waals surface area (Å²) in [5.41, 5.74) is 1.84. The first-order valence-electron chi connectivity index (χ1n) is 12.2. The van der Waals surface area contributed by atoms with Crippen molar-refractivity contribution in [2.75, 3.05) is 19.8 Å². The van der Waals surface area contributed by atoms with Gasteiger partial charge in [-0.15, -0.1) is 0 Å². The molecule has 4 rings (SSSR count). The lowest BCUT2D eigenvalue weighted by Crippen LogP contribution is -2.27. The van der Waals surface area contributed by atoms with Crippen molar-refractivity contribution in [1.29, 1.82) is 0 Å². The molecule has 1 heterocycles. The molecule has 0 saturated carbocycles. The van der Waals surface area contributed by atoms with Gasteiger partial charge in [-0.3, -0.25) is 0 Å². The third-order valence-electron chi connectivity index (χ3n) is 6.33. The number of alkyl halides is 3. The van der Waals surface area contributed by atoms with Crippen molar-refractivity contribution in [1.82, 2.24) is 0 Å². The van der Waals surface area contributed by atoms with Gasteiger partial charge in [0.2, 0.25) is 0 Å². The van der Waals surface area contributed by atoms with Gasteiger partial charge in [0.1, 0.15) is 5.82 Å². The number of hydrogen-bond donors (Lipinski definition) is 0. The van der Waals surface area contributed by atoms with E-state index in [-0.39, 0.29) is 5.82 Å². The summed E-state index contributed by atoms with van der Waals surface area (Å²) in [4.78, 5) is 0. The Morgan fingerprint density at radius 1 is 0.944 bits per heavy atom. The van der Waals surface area contributed by atoms with Crippen LogP contribution in [0, 0.1) is 17.6 Å². The lowest BCUT2D eigenvalue weighted by atomic mass is 9.98. The number of rotatable bonds is 9. The molecule has 3 aromatic rings. The second-order valence-corrected chi connectivity index (χ2v) is 9.19. The molecular formula is C28H29F5O3. The molecule has 0 unspecified atom stereocenters. The summed E-state index contributed by atoms with van der Waals surface area (Å²) in [6, 6.07) is 12.7. The predicted molar refractivity (Wildman–Crippen MR) is 127 cm³/mol. The van der Waals surface area contributed by atoms with Crippen LogP contribution in [0.5, 0.6) is 5.75 Å². The zero-order valence-electron chi connectivity index (χ0n) is 20.0. The lowest BCUT2D eigenvalue weighted by molar-refractivity contribution is -0.206. The topological polar surface area (TPSA) is 27.7 Å². The van der Waals surface area contributed by atoms with Crippen LogP contribution >= 0.6 is 0 Å². The van der Waals surface area contributed by atoms with Gasteiger partial charge in [0.05, 0.1) is 13.2 Å². The fourth-order valence-corrected chi connectivity index (χ4v) is 4.35. The zero-order valence-corrected chi connectivity index (χ0v) is 20.0. The number of halogens is 5. The van der Waals surface area contributed by atoms with Gasteiger partial charge in [-0.05, 0) is 54.0 Å². The highest BCUT2D eigenvalue weighted by molar-refractivity contribution is 5.84. The van der Waals surface area contributed by atoms with Crippen LogP contribution in [0.3, 0.4) is 0 Å². The third-order valence-corrected chi connectivity index (χ3v) is 6.33. The molecule has 8 heteroatoms. The Bertz CT molecular complexity index is 1170. The summed E-state index contributed by atoms with van der Waals surface area (Å²) in [5.74, 6) is -1.30. The third kappa shape index (κ3) is 6.73. The van der Waals surface area contributed by atoms with Crippen LogP contribution in [0.15, 0.2) is 48.5 Å². The summed E-state index contributed by atoms with van der Waals surface area (Å²) in [7, 11) is 0. The molecule has 1 saturated heterocycles. The highest BCUT2D eigenvalue weighted by Crippen LogP contribution is 2.31. The normalized spacial score (nSPS) is 18.5. The quantitative estimate of drug-likeness (QED) is 0.277. The molecule has 0 aromatic heterocycles. The van der Waals surface area contributed by atoms with Gasteiger partial charge in [0.25, 0.3) is 0 Å². The number of ether oxygens (including phenoxy) is 3. The van der Waals surface area contributed by atoms with Gasteiger partial charge in [0.15, 0.2) is 24.5 Å². The molecule has 0 aliphatic carbocycles. The fourth-order valence-electron chi connectivity index (χ4n) is 4.35. The van der Waals surface area contributed by atoms with E-state index >= 15 is 4.39 Å². The van der Waals surface area contributed by atoms with E-state index in [1.165, 1.54) is 6.07 Å². The maximum Gasteiger partial charge on any atom is 0.422 e. The second kappa shape index (κ2) is 11.6. The van der Waals surface area contributed by atoms with Crippen molar-refractivity contribution in [2.24, 2.45) is 5.92 Å². The van der Waals surface area contributed by atoms with Crippen molar-refractivity contribution >= 4 is 10.8 Å². The van der Waals surface area contributed by atoms with E-state index in [9.17, 15) is 17.6 Å². The molecule has 0 spiro atoms. The van der Waals surface area contributed by atoms with Crippen LogP contribution in [-0.2, 0) is 22.3 Å². The molecule has 0 N–H and O–H groups in total. The summed E-state index contributed by atoms with van der Waals surface area (Å²) in [5, 5.41) is 1.20. The smallest absolute Gasteiger partial charge is 0.422 e. The Hall–Kier alpha value is -2.71. The molecule has 1 aliphatic rings. The van der Waals surface area contributed by atoms with Crippen molar-refractivity contribution in [3.63, 3.8) is 0 Å². The number of benzene rings is 3. The van der Waals surface area contributed by atoms with Gasteiger partial charge in [-0.2, -0.15) is 13.2 Å².